The minimum absolute atomic E-state index is 0.0312. The van der Waals surface area contributed by atoms with E-state index in [4.69, 9.17) is 4.74 Å². The Bertz CT molecular complexity index is 635. The van der Waals surface area contributed by atoms with Crippen LogP contribution in [0.5, 0.6) is 0 Å². The van der Waals surface area contributed by atoms with E-state index < -0.39 is 15.3 Å². The van der Waals surface area contributed by atoms with Crippen LogP contribution in [-0.4, -0.2) is 53.4 Å². The highest BCUT2D eigenvalue weighted by atomic mass is 32.2. The highest BCUT2D eigenvalue weighted by molar-refractivity contribution is 7.90. The summed E-state index contributed by atoms with van der Waals surface area (Å²) in [5, 5.41) is 6.15. The van der Waals surface area contributed by atoms with E-state index in [1.807, 2.05) is 30.3 Å². The molecule has 1 aliphatic heterocycles. The lowest BCUT2D eigenvalue weighted by molar-refractivity contribution is -0.136. The van der Waals surface area contributed by atoms with Crippen molar-refractivity contribution in [2.75, 3.05) is 39.1 Å². The molecule has 6 nitrogen and oxygen atoms in total. The van der Waals surface area contributed by atoms with Crippen LogP contribution >= 0.6 is 0 Å². The van der Waals surface area contributed by atoms with Gasteiger partial charge in [0.1, 0.15) is 0 Å². The fourth-order valence-electron chi connectivity index (χ4n) is 3.20. The first-order valence-corrected chi connectivity index (χ1v) is 10.5. The summed E-state index contributed by atoms with van der Waals surface area (Å²) in [6, 6.07) is 9.15. The summed E-state index contributed by atoms with van der Waals surface area (Å²) in [7, 11) is -1.56. The Labute approximate surface area is 150 Å². The number of hydrogen-bond acceptors (Lipinski definition) is 5. The Balaban J connectivity index is 1.78. The van der Waals surface area contributed by atoms with Crippen LogP contribution in [0.3, 0.4) is 0 Å². The molecule has 140 valence electrons. The van der Waals surface area contributed by atoms with Crippen molar-refractivity contribution < 1.29 is 17.9 Å². The van der Waals surface area contributed by atoms with Crippen LogP contribution in [0.4, 0.5) is 0 Å². The molecule has 1 heterocycles. The Hall–Kier alpha value is -1.44. The zero-order valence-electron chi connectivity index (χ0n) is 14.8. The largest absolute Gasteiger partial charge is 0.384 e. The van der Waals surface area contributed by atoms with Crippen molar-refractivity contribution in [2.24, 2.45) is 5.41 Å². The smallest absolute Gasteiger partial charge is 0.228 e. The van der Waals surface area contributed by atoms with Gasteiger partial charge in [0.15, 0.2) is 9.84 Å². The molecule has 7 heteroatoms. The van der Waals surface area contributed by atoms with Crippen molar-refractivity contribution in [1.29, 1.82) is 0 Å². The van der Waals surface area contributed by atoms with Crippen LogP contribution in [0.15, 0.2) is 30.3 Å². The summed E-state index contributed by atoms with van der Waals surface area (Å²) in [6.45, 7) is 2.35. The lowest BCUT2D eigenvalue weighted by Crippen LogP contribution is -2.50. The molecule has 25 heavy (non-hydrogen) atoms. The quantitative estimate of drug-likeness (QED) is 0.638. The molecule has 0 bridgehead atoms. The van der Waals surface area contributed by atoms with Gasteiger partial charge in [-0.1, -0.05) is 30.3 Å². The topological polar surface area (TPSA) is 84.5 Å². The van der Waals surface area contributed by atoms with E-state index in [9.17, 15) is 13.2 Å². The van der Waals surface area contributed by atoms with E-state index in [1.165, 1.54) is 0 Å². The molecule has 1 amide bonds. The summed E-state index contributed by atoms with van der Waals surface area (Å²) >= 11 is 0. The second kappa shape index (κ2) is 9.31. The van der Waals surface area contributed by atoms with Gasteiger partial charge < -0.3 is 15.4 Å². The molecule has 1 fully saturated rings. The second-order valence-electron chi connectivity index (χ2n) is 6.65. The molecular formula is C18H28N2O4S. The molecule has 2 rings (SSSR count). The number of rotatable bonds is 9. The van der Waals surface area contributed by atoms with E-state index in [0.29, 0.717) is 19.6 Å². The minimum Gasteiger partial charge on any atom is -0.384 e. The molecule has 0 saturated carbocycles. The van der Waals surface area contributed by atoms with Gasteiger partial charge in [0, 0.05) is 13.7 Å². The molecule has 1 aliphatic rings. The first kappa shape index (κ1) is 19.9. The predicted octanol–water partition coefficient (Wildman–Crippen LogP) is 1.12. The van der Waals surface area contributed by atoms with E-state index in [2.05, 4.69) is 10.6 Å². The first-order valence-electron chi connectivity index (χ1n) is 8.70. The van der Waals surface area contributed by atoms with Gasteiger partial charge in [-0.05, 0) is 37.9 Å². The van der Waals surface area contributed by atoms with Crippen molar-refractivity contribution in [3.63, 3.8) is 0 Å². The molecule has 1 saturated heterocycles. The number of hydrogen-bond donors (Lipinski definition) is 2. The standard InChI is InChI=1S/C18H28N2O4S/c1-24-15-18(8-11-19-12-9-18)17(21)20-10-5-13-25(22,23)14-16-6-3-2-4-7-16/h2-4,6-7,19H,5,8-15H2,1H3,(H,20,21). The maximum atomic E-state index is 12.6. The average Bonchev–Trinajstić information content (AvgIpc) is 2.60. The molecule has 0 aliphatic carbocycles. The van der Waals surface area contributed by atoms with Crippen molar-refractivity contribution >= 4 is 15.7 Å². The normalized spacial score (nSPS) is 17.2. The van der Waals surface area contributed by atoms with Crippen LogP contribution in [0.1, 0.15) is 24.8 Å². The second-order valence-corrected chi connectivity index (χ2v) is 8.83. The van der Waals surface area contributed by atoms with Gasteiger partial charge in [-0.2, -0.15) is 0 Å². The van der Waals surface area contributed by atoms with Gasteiger partial charge in [0.2, 0.25) is 5.91 Å². The Morgan fingerprint density at radius 2 is 1.92 bits per heavy atom. The van der Waals surface area contributed by atoms with Crippen molar-refractivity contribution in [2.45, 2.75) is 25.0 Å². The zero-order chi connectivity index (χ0) is 18.2. The van der Waals surface area contributed by atoms with E-state index in [-0.39, 0.29) is 17.4 Å². The fourth-order valence-corrected chi connectivity index (χ4v) is 4.63. The number of carbonyl (C=O) groups excluding carboxylic acids is 1. The Morgan fingerprint density at radius 1 is 1.24 bits per heavy atom. The van der Waals surface area contributed by atoms with E-state index in [1.54, 1.807) is 7.11 Å². The Kier molecular flexibility index (Phi) is 7.40. The lowest BCUT2D eigenvalue weighted by Gasteiger charge is -2.35. The number of piperidine rings is 1. The van der Waals surface area contributed by atoms with Crippen LogP contribution in [0, 0.1) is 5.41 Å². The van der Waals surface area contributed by atoms with Gasteiger partial charge in [-0.25, -0.2) is 8.42 Å². The van der Waals surface area contributed by atoms with Crippen LogP contribution in [0.25, 0.3) is 0 Å². The van der Waals surface area contributed by atoms with Gasteiger partial charge in [0.05, 0.1) is 23.5 Å². The number of benzene rings is 1. The number of amides is 1. The molecule has 0 radical (unpaired) electrons. The molecular weight excluding hydrogens is 340 g/mol. The van der Waals surface area contributed by atoms with Gasteiger partial charge in [-0.3, -0.25) is 4.79 Å². The van der Waals surface area contributed by atoms with Crippen LogP contribution in [0.2, 0.25) is 0 Å². The molecule has 1 aromatic rings. The third kappa shape index (κ3) is 6.09. The van der Waals surface area contributed by atoms with E-state index >= 15 is 0 Å². The molecule has 2 N–H and O–H groups in total. The number of carbonyl (C=O) groups is 1. The van der Waals surface area contributed by atoms with Crippen molar-refractivity contribution in [1.82, 2.24) is 10.6 Å². The van der Waals surface area contributed by atoms with E-state index in [0.717, 1.165) is 31.5 Å². The number of methoxy groups -OCH3 is 1. The molecule has 1 aromatic carbocycles. The number of ether oxygens (including phenoxy) is 1. The Morgan fingerprint density at radius 3 is 2.56 bits per heavy atom. The minimum atomic E-state index is -3.17. The molecule has 0 spiro atoms. The zero-order valence-corrected chi connectivity index (χ0v) is 15.6. The van der Waals surface area contributed by atoms with Gasteiger partial charge in [-0.15, -0.1) is 0 Å². The third-order valence-electron chi connectivity index (χ3n) is 4.61. The van der Waals surface area contributed by atoms with Gasteiger partial charge in [0.25, 0.3) is 0 Å². The molecule has 0 aromatic heterocycles. The maximum Gasteiger partial charge on any atom is 0.228 e. The average molecular weight is 368 g/mol. The van der Waals surface area contributed by atoms with Crippen molar-refractivity contribution in [3.05, 3.63) is 35.9 Å². The summed E-state index contributed by atoms with van der Waals surface area (Å²) in [4.78, 5) is 12.6. The molecule has 0 atom stereocenters. The number of sulfone groups is 1. The third-order valence-corrected chi connectivity index (χ3v) is 6.29. The van der Waals surface area contributed by atoms with Crippen LogP contribution in [-0.2, 0) is 25.1 Å². The molecule has 0 unspecified atom stereocenters. The summed E-state index contributed by atoms with van der Waals surface area (Å²) in [6.07, 6.45) is 1.89. The summed E-state index contributed by atoms with van der Waals surface area (Å²) < 4.78 is 29.6. The monoisotopic (exact) mass is 368 g/mol. The highest BCUT2D eigenvalue weighted by Crippen LogP contribution is 2.29. The summed E-state index contributed by atoms with van der Waals surface area (Å²) in [5.41, 5.74) is 0.295. The fraction of sp³-hybridized carbons (Fsp3) is 0.611. The maximum absolute atomic E-state index is 12.6. The summed E-state index contributed by atoms with van der Waals surface area (Å²) in [5.74, 6) is 0.0820. The first-order chi connectivity index (χ1) is 12.0. The SMILES string of the molecule is COCC1(C(=O)NCCCS(=O)(=O)Cc2ccccc2)CCNCC1. The number of nitrogens with one attached hydrogen (secondary N) is 2. The lowest BCUT2D eigenvalue weighted by atomic mass is 9.78. The van der Waals surface area contributed by atoms with Crippen LogP contribution < -0.4 is 10.6 Å². The van der Waals surface area contributed by atoms with Gasteiger partial charge >= 0.3 is 0 Å². The predicted molar refractivity (Wildman–Crippen MR) is 98.0 cm³/mol. The van der Waals surface area contributed by atoms with Crippen molar-refractivity contribution in [3.8, 4) is 0 Å². The highest BCUT2D eigenvalue weighted by Gasteiger charge is 2.39.